The maximum Gasteiger partial charge on any atom is 0.260 e. The second kappa shape index (κ2) is 4.82. The molecule has 0 bridgehead atoms. The number of hydrogen-bond acceptors (Lipinski definition) is 3. The number of nitrogens with zero attached hydrogens (tertiary/aromatic N) is 2. The lowest BCUT2D eigenvalue weighted by Crippen LogP contribution is -1.94. The van der Waals surface area contributed by atoms with Gasteiger partial charge in [0.1, 0.15) is 5.75 Å². The number of benzene rings is 2. The predicted molar refractivity (Wildman–Crippen MR) is 71.0 cm³/mol. The van der Waals surface area contributed by atoms with E-state index in [0.717, 1.165) is 17.0 Å². The van der Waals surface area contributed by atoms with Gasteiger partial charge in [-0.1, -0.05) is 36.4 Å². The highest BCUT2D eigenvalue weighted by molar-refractivity contribution is 6.28. The first-order chi connectivity index (χ1) is 9.24. The summed E-state index contributed by atoms with van der Waals surface area (Å²) in [5.41, 5.74) is 0. The Morgan fingerprint density at radius 2 is 1.84 bits per heavy atom. The molecule has 0 aliphatic heterocycles. The van der Waals surface area contributed by atoms with Crippen molar-refractivity contribution in [2.45, 2.75) is 0 Å². The highest BCUT2D eigenvalue weighted by atomic mass is 35.5. The number of hydrogen-bond donors (Lipinski definition) is 0. The number of halogens is 2. The van der Waals surface area contributed by atoms with Gasteiger partial charge in [0.2, 0.25) is 11.1 Å². The van der Waals surface area contributed by atoms with Crippen molar-refractivity contribution < 1.29 is 9.13 Å². The van der Waals surface area contributed by atoms with E-state index in [4.69, 9.17) is 16.3 Å². The van der Waals surface area contributed by atoms with E-state index in [2.05, 4.69) is 9.97 Å². The first-order valence-corrected chi connectivity index (χ1v) is 5.95. The van der Waals surface area contributed by atoms with Crippen LogP contribution in [0.25, 0.3) is 10.8 Å². The van der Waals surface area contributed by atoms with Gasteiger partial charge in [-0.25, -0.2) is 4.98 Å². The fraction of sp³-hybridized carbons (Fsp3) is 0. The van der Waals surface area contributed by atoms with Crippen molar-refractivity contribution in [3.8, 4) is 11.6 Å². The second-order valence-corrected chi connectivity index (χ2v) is 4.21. The first kappa shape index (κ1) is 11.9. The Morgan fingerprint density at radius 1 is 1.05 bits per heavy atom. The largest absolute Gasteiger partial charge is 0.436 e. The summed E-state index contributed by atoms with van der Waals surface area (Å²) in [4.78, 5) is 7.27. The topological polar surface area (TPSA) is 35.0 Å². The molecule has 3 aromatic rings. The summed E-state index contributed by atoms with van der Waals surface area (Å²) in [6.45, 7) is 0. The Bertz CT molecular complexity index is 743. The van der Waals surface area contributed by atoms with Gasteiger partial charge >= 0.3 is 0 Å². The van der Waals surface area contributed by atoms with Gasteiger partial charge in [0.25, 0.3) is 5.88 Å². The van der Waals surface area contributed by atoms with E-state index in [-0.39, 0.29) is 11.2 Å². The highest BCUT2D eigenvalue weighted by Gasteiger charge is 2.10. The zero-order valence-corrected chi connectivity index (χ0v) is 10.4. The molecule has 0 fully saturated rings. The van der Waals surface area contributed by atoms with Gasteiger partial charge in [-0.2, -0.15) is 9.37 Å². The third kappa shape index (κ3) is 2.35. The van der Waals surface area contributed by atoms with Crippen molar-refractivity contribution in [3.05, 3.63) is 59.8 Å². The Morgan fingerprint density at radius 3 is 2.74 bits per heavy atom. The minimum atomic E-state index is -0.655. The van der Waals surface area contributed by atoms with Crippen molar-refractivity contribution in [2.24, 2.45) is 0 Å². The monoisotopic (exact) mass is 274 g/mol. The summed E-state index contributed by atoms with van der Waals surface area (Å²) < 4.78 is 19.0. The molecule has 0 amide bonds. The molecule has 94 valence electrons. The molecule has 0 saturated carbocycles. The molecule has 1 aromatic heterocycles. The molecule has 0 radical (unpaired) electrons. The molecule has 2 aromatic carbocycles. The zero-order valence-electron chi connectivity index (χ0n) is 9.68. The van der Waals surface area contributed by atoms with Crippen molar-refractivity contribution in [1.29, 1.82) is 0 Å². The van der Waals surface area contributed by atoms with Crippen LogP contribution >= 0.6 is 11.6 Å². The van der Waals surface area contributed by atoms with E-state index >= 15 is 0 Å². The Hall–Kier alpha value is -2.20. The van der Waals surface area contributed by atoms with E-state index < -0.39 is 5.82 Å². The molecule has 19 heavy (non-hydrogen) atoms. The molecule has 0 N–H and O–H groups in total. The lowest BCUT2D eigenvalue weighted by molar-refractivity contribution is 0.423. The highest BCUT2D eigenvalue weighted by Crippen LogP contribution is 2.30. The normalized spacial score (nSPS) is 10.6. The number of ether oxygens (including phenoxy) is 1. The minimum absolute atomic E-state index is 0.0587. The zero-order chi connectivity index (χ0) is 13.2. The molecule has 0 atom stereocenters. The van der Waals surface area contributed by atoms with Crippen molar-refractivity contribution in [1.82, 2.24) is 9.97 Å². The van der Waals surface area contributed by atoms with Crippen LogP contribution in [0, 0.1) is 5.82 Å². The lowest BCUT2D eigenvalue weighted by Gasteiger charge is -2.08. The van der Waals surface area contributed by atoms with Crippen LogP contribution in [0.5, 0.6) is 11.6 Å². The van der Waals surface area contributed by atoms with E-state index in [1.807, 2.05) is 36.4 Å². The van der Waals surface area contributed by atoms with Crippen LogP contribution in [-0.2, 0) is 0 Å². The molecule has 0 spiro atoms. The fourth-order valence-electron chi connectivity index (χ4n) is 1.79. The van der Waals surface area contributed by atoms with Crippen molar-refractivity contribution in [2.75, 3.05) is 0 Å². The van der Waals surface area contributed by atoms with Gasteiger partial charge in [0.15, 0.2) is 0 Å². The fourth-order valence-corrected chi connectivity index (χ4v) is 1.92. The van der Waals surface area contributed by atoms with Gasteiger partial charge in [-0.15, -0.1) is 0 Å². The van der Waals surface area contributed by atoms with Crippen molar-refractivity contribution in [3.63, 3.8) is 0 Å². The molecule has 5 heteroatoms. The number of fused-ring (bicyclic) bond motifs is 1. The molecule has 3 rings (SSSR count). The van der Waals surface area contributed by atoms with E-state index in [9.17, 15) is 4.39 Å². The molecule has 0 aliphatic rings. The summed E-state index contributed by atoms with van der Waals surface area (Å²) in [7, 11) is 0. The summed E-state index contributed by atoms with van der Waals surface area (Å²) in [6.07, 6.45) is 0.982. The van der Waals surface area contributed by atoms with Crippen LogP contribution in [0.2, 0.25) is 5.28 Å². The number of rotatable bonds is 2. The van der Waals surface area contributed by atoms with Gasteiger partial charge < -0.3 is 4.74 Å². The Balaban J connectivity index is 2.08. The Kier molecular flexibility index (Phi) is 3.01. The van der Waals surface area contributed by atoms with E-state index in [0.29, 0.717) is 5.75 Å². The molecule has 3 nitrogen and oxygen atoms in total. The molecule has 1 heterocycles. The maximum absolute atomic E-state index is 13.5. The molecule has 0 unspecified atom stereocenters. The second-order valence-electron chi connectivity index (χ2n) is 3.87. The van der Waals surface area contributed by atoms with Crippen LogP contribution < -0.4 is 4.74 Å². The lowest BCUT2D eigenvalue weighted by atomic mass is 10.1. The smallest absolute Gasteiger partial charge is 0.260 e. The molecule has 0 aliphatic carbocycles. The van der Waals surface area contributed by atoms with Crippen LogP contribution in [0.15, 0.2) is 48.7 Å². The maximum atomic E-state index is 13.5. The first-order valence-electron chi connectivity index (χ1n) is 5.58. The summed E-state index contributed by atoms with van der Waals surface area (Å²) in [5, 5.41) is 1.82. The van der Waals surface area contributed by atoms with E-state index in [1.54, 1.807) is 6.07 Å². The molecular formula is C14H8ClFN2O. The molecular weight excluding hydrogens is 267 g/mol. The van der Waals surface area contributed by atoms with Gasteiger partial charge in [0.05, 0.1) is 6.20 Å². The van der Waals surface area contributed by atoms with Gasteiger partial charge in [0, 0.05) is 5.39 Å². The summed E-state index contributed by atoms with van der Waals surface area (Å²) in [5.74, 6) is -0.319. The average Bonchev–Trinajstić information content (AvgIpc) is 2.43. The van der Waals surface area contributed by atoms with Crippen LogP contribution in [-0.4, -0.2) is 9.97 Å². The average molecular weight is 275 g/mol. The Labute approximate surface area is 113 Å². The number of aromatic nitrogens is 2. The van der Waals surface area contributed by atoms with Crippen LogP contribution in [0.3, 0.4) is 0 Å². The predicted octanol–water partition coefficient (Wildman–Crippen LogP) is 4.21. The molecule has 0 saturated heterocycles. The van der Waals surface area contributed by atoms with Crippen LogP contribution in [0.1, 0.15) is 0 Å². The quantitative estimate of drug-likeness (QED) is 0.657. The van der Waals surface area contributed by atoms with Gasteiger partial charge in [-0.05, 0) is 23.1 Å². The van der Waals surface area contributed by atoms with Gasteiger partial charge in [-0.3, -0.25) is 0 Å². The third-order valence-corrected chi connectivity index (χ3v) is 2.82. The van der Waals surface area contributed by atoms with Crippen molar-refractivity contribution >= 4 is 22.4 Å². The summed E-state index contributed by atoms with van der Waals surface area (Å²) >= 11 is 5.63. The summed E-state index contributed by atoms with van der Waals surface area (Å²) in [6, 6.07) is 13.2. The minimum Gasteiger partial charge on any atom is -0.436 e. The standard InChI is InChI=1S/C14H8ClFN2O/c15-14-17-8-11(16)13(18-14)19-12-7-3-5-9-4-1-2-6-10(9)12/h1-8H. The van der Waals surface area contributed by atoms with E-state index in [1.165, 1.54) is 0 Å². The van der Waals surface area contributed by atoms with Crippen LogP contribution in [0.4, 0.5) is 4.39 Å². The third-order valence-electron chi connectivity index (χ3n) is 2.64. The SMILES string of the molecule is Fc1cnc(Cl)nc1Oc1cccc2ccccc12.